The highest BCUT2D eigenvalue weighted by atomic mass is 19.1. The first kappa shape index (κ1) is 7.86. The van der Waals surface area contributed by atoms with Gasteiger partial charge in [-0.2, -0.15) is 4.39 Å². The summed E-state index contributed by atoms with van der Waals surface area (Å²) in [6, 6.07) is 6.51. The summed E-state index contributed by atoms with van der Waals surface area (Å²) in [7, 11) is 0. The molecule has 0 fully saturated rings. The third-order valence-electron chi connectivity index (χ3n) is 1.92. The first-order valence-corrected chi connectivity index (χ1v) is 3.81. The lowest BCUT2D eigenvalue weighted by Gasteiger charge is -1.99. The Kier molecular flexibility index (Phi) is 1.77. The third kappa shape index (κ3) is 1.18. The number of nitrogens with zero attached hydrogens (tertiary/aromatic N) is 1. The van der Waals surface area contributed by atoms with Gasteiger partial charge in [0.25, 0.3) is 0 Å². The number of halogens is 1. The standard InChI is InChI=1S/C10H6FNO/c11-10-9-3-1-2-7(6-13)8(9)4-5-12-10/h1-6H. The lowest BCUT2D eigenvalue weighted by atomic mass is 10.1. The van der Waals surface area contributed by atoms with Crippen molar-refractivity contribution in [3.63, 3.8) is 0 Å². The van der Waals surface area contributed by atoms with E-state index in [2.05, 4.69) is 4.98 Å². The van der Waals surface area contributed by atoms with Crippen molar-refractivity contribution >= 4 is 17.1 Å². The average molecular weight is 175 g/mol. The van der Waals surface area contributed by atoms with Gasteiger partial charge in [0, 0.05) is 17.1 Å². The molecule has 0 aliphatic carbocycles. The lowest BCUT2D eigenvalue weighted by Crippen LogP contribution is -1.88. The van der Waals surface area contributed by atoms with Crippen LogP contribution in [-0.2, 0) is 0 Å². The highest BCUT2D eigenvalue weighted by Gasteiger charge is 2.03. The van der Waals surface area contributed by atoms with Crippen LogP contribution in [0.5, 0.6) is 0 Å². The van der Waals surface area contributed by atoms with Crippen LogP contribution in [0.4, 0.5) is 4.39 Å². The molecule has 3 heteroatoms. The highest BCUT2D eigenvalue weighted by molar-refractivity contribution is 5.97. The minimum atomic E-state index is -0.541. The van der Waals surface area contributed by atoms with Gasteiger partial charge in [0.1, 0.15) is 0 Å². The Morgan fingerprint density at radius 3 is 2.85 bits per heavy atom. The molecule has 1 heterocycles. The molecule has 0 spiro atoms. The van der Waals surface area contributed by atoms with Crippen LogP contribution in [0.25, 0.3) is 10.8 Å². The number of aldehydes is 1. The van der Waals surface area contributed by atoms with E-state index >= 15 is 0 Å². The van der Waals surface area contributed by atoms with Crippen molar-refractivity contribution in [1.82, 2.24) is 4.98 Å². The summed E-state index contributed by atoms with van der Waals surface area (Å²) in [5, 5.41) is 0.983. The number of rotatable bonds is 1. The molecule has 0 atom stereocenters. The molecule has 0 aliphatic heterocycles. The predicted molar refractivity (Wildman–Crippen MR) is 47.1 cm³/mol. The minimum absolute atomic E-state index is 0.382. The van der Waals surface area contributed by atoms with Crippen LogP contribution >= 0.6 is 0 Å². The van der Waals surface area contributed by atoms with Crippen molar-refractivity contribution in [1.29, 1.82) is 0 Å². The molecule has 13 heavy (non-hydrogen) atoms. The van der Waals surface area contributed by atoms with Gasteiger partial charge in [0.05, 0.1) is 0 Å². The largest absolute Gasteiger partial charge is 0.298 e. The Balaban J connectivity index is 2.92. The Hall–Kier alpha value is -1.77. The van der Waals surface area contributed by atoms with Gasteiger partial charge in [-0.25, -0.2) is 4.98 Å². The quantitative estimate of drug-likeness (QED) is 0.491. The second-order valence-corrected chi connectivity index (χ2v) is 2.66. The number of carbonyl (C=O) groups excluding carboxylic acids is 1. The molecule has 0 amide bonds. The van der Waals surface area contributed by atoms with Gasteiger partial charge in [-0.3, -0.25) is 4.79 Å². The van der Waals surface area contributed by atoms with Crippen LogP contribution in [0, 0.1) is 5.95 Å². The summed E-state index contributed by atoms with van der Waals surface area (Å²) in [6.45, 7) is 0. The van der Waals surface area contributed by atoms with Crippen LogP contribution in [0.3, 0.4) is 0 Å². The van der Waals surface area contributed by atoms with Crippen molar-refractivity contribution in [2.24, 2.45) is 0 Å². The molecule has 0 radical (unpaired) electrons. The molecule has 0 unspecified atom stereocenters. The van der Waals surface area contributed by atoms with Crippen molar-refractivity contribution < 1.29 is 9.18 Å². The van der Waals surface area contributed by atoms with Gasteiger partial charge in [-0.15, -0.1) is 0 Å². The normalized spacial score (nSPS) is 10.2. The smallest absolute Gasteiger partial charge is 0.220 e. The number of pyridine rings is 1. The first-order valence-electron chi connectivity index (χ1n) is 3.81. The third-order valence-corrected chi connectivity index (χ3v) is 1.92. The Morgan fingerprint density at radius 2 is 2.08 bits per heavy atom. The van der Waals surface area contributed by atoms with E-state index < -0.39 is 5.95 Å². The summed E-state index contributed by atoms with van der Waals surface area (Å²) in [5.41, 5.74) is 0.485. The zero-order valence-corrected chi connectivity index (χ0v) is 6.70. The molecule has 2 aromatic rings. The molecule has 0 aliphatic rings. The number of aromatic nitrogens is 1. The van der Waals surface area contributed by atoms with E-state index in [1.54, 1.807) is 24.3 Å². The van der Waals surface area contributed by atoms with E-state index in [0.29, 0.717) is 22.6 Å². The molecule has 64 valence electrons. The first-order chi connectivity index (χ1) is 6.33. The Bertz CT molecular complexity index is 467. The molecule has 1 aromatic carbocycles. The average Bonchev–Trinajstić information content (AvgIpc) is 2.18. The fraction of sp³-hybridized carbons (Fsp3) is 0. The SMILES string of the molecule is O=Cc1cccc2c(F)nccc12. The van der Waals surface area contributed by atoms with Gasteiger partial charge in [-0.1, -0.05) is 12.1 Å². The summed E-state index contributed by atoms with van der Waals surface area (Å²) >= 11 is 0. The van der Waals surface area contributed by atoms with Gasteiger partial charge >= 0.3 is 0 Å². The summed E-state index contributed by atoms with van der Waals surface area (Å²) in [4.78, 5) is 14.1. The fourth-order valence-corrected chi connectivity index (χ4v) is 1.30. The zero-order chi connectivity index (χ0) is 9.26. The van der Waals surface area contributed by atoms with E-state index in [0.717, 1.165) is 0 Å². The number of fused-ring (bicyclic) bond motifs is 1. The maximum atomic E-state index is 13.1. The zero-order valence-electron chi connectivity index (χ0n) is 6.70. The number of benzene rings is 1. The molecular formula is C10H6FNO. The molecule has 0 saturated carbocycles. The molecular weight excluding hydrogens is 169 g/mol. The summed E-state index contributed by atoms with van der Waals surface area (Å²) < 4.78 is 13.1. The Labute approximate surface area is 74.0 Å². The van der Waals surface area contributed by atoms with E-state index in [4.69, 9.17) is 0 Å². The number of hydrogen-bond donors (Lipinski definition) is 0. The predicted octanol–water partition coefficient (Wildman–Crippen LogP) is 2.19. The monoisotopic (exact) mass is 175 g/mol. The maximum absolute atomic E-state index is 13.1. The van der Waals surface area contributed by atoms with Crippen molar-refractivity contribution in [2.45, 2.75) is 0 Å². The lowest BCUT2D eigenvalue weighted by molar-refractivity contribution is 0.112. The van der Waals surface area contributed by atoms with E-state index in [1.165, 1.54) is 6.20 Å². The van der Waals surface area contributed by atoms with E-state index in [-0.39, 0.29) is 0 Å². The van der Waals surface area contributed by atoms with Gasteiger partial charge < -0.3 is 0 Å². The van der Waals surface area contributed by atoms with Gasteiger partial charge in [0.15, 0.2) is 6.29 Å². The maximum Gasteiger partial charge on any atom is 0.220 e. The Morgan fingerprint density at radius 1 is 1.23 bits per heavy atom. The van der Waals surface area contributed by atoms with E-state index in [9.17, 15) is 9.18 Å². The van der Waals surface area contributed by atoms with Crippen LogP contribution < -0.4 is 0 Å². The molecule has 0 saturated heterocycles. The van der Waals surface area contributed by atoms with Crippen molar-refractivity contribution in [3.8, 4) is 0 Å². The molecule has 2 rings (SSSR count). The molecule has 0 N–H and O–H groups in total. The highest BCUT2D eigenvalue weighted by Crippen LogP contribution is 2.18. The second-order valence-electron chi connectivity index (χ2n) is 2.66. The number of hydrogen-bond acceptors (Lipinski definition) is 2. The van der Waals surface area contributed by atoms with Crippen LogP contribution in [0.1, 0.15) is 10.4 Å². The minimum Gasteiger partial charge on any atom is -0.298 e. The van der Waals surface area contributed by atoms with Crippen LogP contribution in [0.15, 0.2) is 30.5 Å². The summed E-state index contributed by atoms with van der Waals surface area (Å²) in [5.74, 6) is -0.541. The topological polar surface area (TPSA) is 30.0 Å². The van der Waals surface area contributed by atoms with Crippen LogP contribution in [-0.4, -0.2) is 11.3 Å². The molecule has 1 aromatic heterocycles. The summed E-state index contributed by atoms with van der Waals surface area (Å²) in [6.07, 6.45) is 2.06. The fourth-order valence-electron chi connectivity index (χ4n) is 1.30. The van der Waals surface area contributed by atoms with Gasteiger partial charge in [-0.05, 0) is 17.5 Å². The number of carbonyl (C=O) groups is 1. The van der Waals surface area contributed by atoms with Crippen molar-refractivity contribution in [2.75, 3.05) is 0 Å². The van der Waals surface area contributed by atoms with Gasteiger partial charge in [0.2, 0.25) is 5.95 Å². The molecule has 0 bridgehead atoms. The molecule has 2 nitrogen and oxygen atoms in total. The van der Waals surface area contributed by atoms with Crippen molar-refractivity contribution in [3.05, 3.63) is 42.0 Å². The second kappa shape index (κ2) is 2.94. The van der Waals surface area contributed by atoms with E-state index in [1.807, 2.05) is 0 Å². The van der Waals surface area contributed by atoms with Crippen LogP contribution in [0.2, 0.25) is 0 Å².